The van der Waals surface area contributed by atoms with E-state index in [0.717, 1.165) is 22.6 Å². The minimum absolute atomic E-state index is 0.0675. The SMILES string of the molecule is Cc1cccc(C)c1NC(=O)CSc1nnc(COc2ccc(C(C)(C)C)cc2)n1C. The van der Waals surface area contributed by atoms with Crippen molar-refractivity contribution < 1.29 is 9.53 Å². The van der Waals surface area contributed by atoms with Gasteiger partial charge < -0.3 is 14.6 Å². The van der Waals surface area contributed by atoms with Crippen molar-refractivity contribution in [3.05, 3.63) is 65.0 Å². The Morgan fingerprint density at radius 1 is 1.06 bits per heavy atom. The van der Waals surface area contributed by atoms with Crippen LogP contribution < -0.4 is 10.1 Å². The van der Waals surface area contributed by atoms with Crippen LogP contribution in [0.15, 0.2) is 47.6 Å². The second-order valence-electron chi connectivity index (χ2n) is 8.62. The molecule has 0 aliphatic heterocycles. The number of aromatic nitrogens is 3. The highest BCUT2D eigenvalue weighted by Gasteiger charge is 2.15. The number of thioether (sulfide) groups is 1. The number of carbonyl (C=O) groups is 1. The quantitative estimate of drug-likeness (QED) is 0.524. The van der Waals surface area contributed by atoms with E-state index >= 15 is 0 Å². The van der Waals surface area contributed by atoms with Crippen LogP contribution >= 0.6 is 11.8 Å². The number of para-hydroxylation sites is 1. The molecule has 164 valence electrons. The van der Waals surface area contributed by atoms with Gasteiger partial charge in [-0.1, -0.05) is 62.9 Å². The zero-order valence-corrected chi connectivity index (χ0v) is 19.8. The van der Waals surface area contributed by atoms with Gasteiger partial charge in [-0.05, 0) is 48.1 Å². The highest BCUT2D eigenvalue weighted by atomic mass is 32.2. The molecule has 0 aliphatic carbocycles. The number of ether oxygens (including phenoxy) is 1. The Labute approximate surface area is 188 Å². The number of anilines is 1. The first-order chi connectivity index (χ1) is 14.6. The zero-order valence-electron chi connectivity index (χ0n) is 19.0. The number of hydrogen-bond donors (Lipinski definition) is 1. The molecule has 3 rings (SSSR count). The lowest BCUT2D eigenvalue weighted by Crippen LogP contribution is -2.16. The smallest absolute Gasteiger partial charge is 0.234 e. The van der Waals surface area contributed by atoms with E-state index in [-0.39, 0.29) is 17.1 Å². The summed E-state index contributed by atoms with van der Waals surface area (Å²) in [7, 11) is 1.88. The summed E-state index contributed by atoms with van der Waals surface area (Å²) < 4.78 is 7.73. The molecule has 1 N–H and O–H groups in total. The summed E-state index contributed by atoms with van der Waals surface area (Å²) in [6.45, 7) is 10.8. The summed E-state index contributed by atoms with van der Waals surface area (Å²) in [6, 6.07) is 14.1. The molecule has 0 radical (unpaired) electrons. The molecule has 2 aromatic carbocycles. The molecule has 6 nitrogen and oxygen atoms in total. The maximum Gasteiger partial charge on any atom is 0.234 e. The molecule has 0 atom stereocenters. The molecule has 0 aliphatic rings. The van der Waals surface area contributed by atoms with E-state index < -0.39 is 0 Å². The van der Waals surface area contributed by atoms with E-state index in [9.17, 15) is 4.79 Å². The molecule has 1 aromatic heterocycles. The number of benzene rings is 2. The third kappa shape index (κ3) is 5.88. The van der Waals surface area contributed by atoms with Gasteiger partial charge in [-0.15, -0.1) is 10.2 Å². The average Bonchev–Trinajstić information content (AvgIpc) is 3.07. The van der Waals surface area contributed by atoms with Gasteiger partial charge >= 0.3 is 0 Å². The zero-order chi connectivity index (χ0) is 22.6. The molecule has 1 amide bonds. The molecule has 31 heavy (non-hydrogen) atoms. The van der Waals surface area contributed by atoms with E-state index in [2.05, 4.69) is 48.4 Å². The first kappa shape index (κ1) is 22.9. The Morgan fingerprint density at radius 3 is 2.32 bits per heavy atom. The van der Waals surface area contributed by atoms with Gasteiger partial charge in [0, 0.05) is 12.7 Å². The minimum Gasteiger partial charge on any atom is -0.486 e. The van der Waals surface area contributed by atoms with Crippen molar-refractivity contribution in [2.45, 2.75) is 51.8 Å². The fraction of sp³-hybridized carbons (Fsp3) is 0.375. The Morgan fingerprint density at radius 2 is 1.71 bits per heavy atom. The van der Waals surface area contributed by atoms with Gasteiger partial charge in [0.15, 0.2) is 11.0 Å². The molecule has 3 aromatic rings. The second kappa shape index (κ2) is 9.56. The van der Waals surface area contributed by atoms with Crippen LogP contribution in [0.1, 0.15) is 43.3 Å². The number of amides is 1. The predicted octanol–water partition coefficient (Wildman–Crippen LogP) is 5.04. The molecule has 0 spiro atoms. The van der Waals surface area contributed by atoms with E-state index in [0.29, 0.717) is 17.6 Å². The van der Waals surface area contributed by atoms with Crippen LogP contribution in [0.3, 0.4) is 0 Å². The first-order valence-electron chi connectivity index (χ1n) is 10.3. The van der Waals surface area contributed by atoms with Crippen molar-refractivity contribution in [1.82, 2.24) is 14.8 Å². The lowest BCUT2D eigenvalue weighted by atomic mass is 9.87. The van der Waals surface area contributed by atoms with E-state index in [1.165, 1.54) is 17.3 Å². The largest absolute Gasteiger partial charge is 0.486 e. The Bertz CT molecular complexity index is 1030. The van der Waals surface area contributed by atoms with Crippen LogP contribution in [0.2, 0.25) is 0 Å². The normalized spacial score (nSPS) is 11.4. The minimum atomic E-state index is -0.0675. The van der Waals surface area contributed by atoms with E-state index in [1.54, 1.807) is 0 Å². The first-order valence-corrected chi connectivity index (χ1v) is 11.2. The molecule has 7 heteroatoms. The maximum atomic E-state index is 12.4. The maximum absolute atomic E-state index is 12.4. The molecule has 0 unspecified atom stereocenters. The lowest BCUT2D eigenvalue weighted by molar-refractivity contribution is -0.113. The fourth-order valence-electron chi connectivity index (χ4n) is 3.11. The standard InChI is InChI=1S/C24H30N4O2S/c1-16-8-7-9-17(2)22(16)25-21(29)15-31-23-27-26-20(28(23)6)14-30-19-12-10-18(11-13-19)24(3,4)5/h7-13H,14-15H2,1-6H3,(H,25,29). The lowest BCUT2D eigenvalue weighted by Gasteiger charge is -2.19. The highest BCUT2D eigenvalue weighted by molar-refractivity contribution is 7.99. The summed E-state index contributed by atoms with van der Waals surface area (Å²) in [5, 5.41) is 12.1. The number of carbonyl (C=O) groups excluding carboxylic acids is 1. The third-order valence-corrected chi connectivity index (χ3v) is 6.11. The highest BCUT2D eigenvalue weighted by Crippen LogP contribution is 2.25. The predicted molar refractivity (Wildman–Crippen MR) is 126 cm³/mol. The summed E-state index contributed by atoms with van der Waals surface area (Å²) in [6.07, 6.45) is 0. The molecule has 0 fully saturated rings. The number of nitrogens with zero attached hydrogens (tertiary/aromatic N) is 3. The number of rotatable bonds is 7. The molecule has 0 bridgehead atoms. The number of hydrogen-bond acceptors (Lipinski definition) is 5. The van der Waals surface area contributed by atoms with Gasteiger partial charge in [0.2, 0.25) is 5.91 Å². The van der Waals surface area contributed by atoms with E-state index in [1.807, 2.05) is 55.8 Å². The van der Waals surface area contributed by atoms with Crippen LogP contribution in [-0.2, 0) is 23.9 Å². The van der Waals surface area contributed by atoms with Crippen molar-refractivity contribution in [3.63, 3.8) is 0 Å². The van der Waals surface area contributed by atoms with Crippen LogP contribution in [-0.4, -0.2) is 26.4 Å². The number of nitrogens with one attached hydrogen (secondary N) is 1. The van der Waals surface area contributed by atoms with Crippen LogP contribution in [0.5, 0.6) is 5.75 Å². The second-order valence-corrected chi connectivity index (χ2v) is 9.57. The Balaban J connectivity index is 1.54. The molecular formula is C24H30N4O2S. The Hall–Kier alpha value is -2.80. The van der Waals surface area contributed by atoms with Crippen molar-refractivity contribution in [3.8, 4) is 5.75 Å². The molecule has 0 saturated heterocycles. The summed E-state index contributed by atoms with van der Waals surface area (Å²) in [5.74, 6) is 1.69. The summed E-state index contributed by atoms with van der Waals surface area (Å²) in [4.78, 5) is 12.4. The third-order valence-electron chi connectivity index (χ3n) is 5.09. The summed E-state index contributed by atoms with van der Waals surface area (Å²) in [5.41, 5.74) is 4.34. The average molecular weight is 439 g/mol. The monoisotopic (exact) mass is 438 g/mol. The van der Waals surface area contributed by atoms with E-state index in [4.69, 9.17) is 4.74 Å². The van der Waals surface area contributed by atoms with Gasteiger partial charge in [0.25, 0.3) is 0 Å². The van der Waals surface area contributed by atoms with Crippen LogP contribution in [0.4, 0.5) is 5.69 Å². The molecule has 1 heterocycles. The number of aryl methyl sites for hydroxylation is 2. The van der Waals surface area contributed by atoms with Gasteiger partial charge in [-0.3, -0.25) is 4.79 Å². The Kier molecular flexibility index (Phi) is 7.05. The van der Waals surface area contributed by atoms with Crippen molar-refractivity contribution in [1.29, 1.82) is 0 Å². The fourth-order valence-corrected chi connectivity index (χ4v) is 3.84. The van der Waals surface area contributed by atoms with Crippen molar-refractivity contribution >= 4 is 23.4 Å². The van der Waals surface area contributed by atoms with Gasteiger partial charge in [-0.2, -0.15) is 0 Å². The van der Waals surface area contributed by atoms with Gasteiger partial charge in [0.1, 0.15) is 12.4 Å². The topological polar surface area (TPSA) is 69.0 Å². The van der Waals surface area contributed by atoms with Crippen molar-refractivity contribution in [2.75, 3.05) is 11.1 Å². The van der Waals surface area contributed by atoms with Crippen LogP contribution in [0, 0.1) is 13.8 Å². The van der Waals surface area contributed by atoms with Gasteiger partial charge in [0.05, 0.1) is 5.75 Å². The molecule has 0 saturated carbocycles. The summed E-state index contributed by atoms with van der Waals surface area (Å²) >= 11 is 1.36. The van der Waals surface area contributed by atoms with Crippen LogP contribution in [0.25, 0.3) is 0 Å². The van der Waals surface area contributed by atoms with Crippen molar-refractivity contribution in [2.24, 2.45) is 7.05 Å². The molecular weight excluding hydrogens is 408 g/mol. The van der Waals surface area contributed by atoms with Gasteiger partial charge in [-0.25, -0.2) is 0 Å².